The second-order valence-electron chi connectivity index (χ2n) is 6.00. The maximum atomic E-state index is 12.5. The average Bonchev–Trinajstić information content (AvgIpc) is 2.89. The van der Waals surface area contributed by atoms with Crippen LogP contribution in [-0.2, 0) is 14.4 Å². The number of likely N-dealkylation sites (tertiary alicyclic amines) is 1. The molecule has 2 amide bonds. The molecule has 0 unspecified atom stereocenters. The van der Waals surface area contributed by atoms with Crippen LogP contribution in [0.25, 0.3) is 0 Å². The lowest BCUT2D eigenvalue weighted by Crippen LogP contribution is -2.44. The van der Waals surface area contributed by atoms with Crippen LogP contribution in [0.1, 0.15) is 57.8 Å². The van der Waals surface area contributed by atoms with Gasteiger partial charge in [-0.25, -0.2) is 0 Å². The summed E-state index contributed by atoms with van der Waals surface area (Å²) in [6.45, 7) is 0. The van der Waals surface area contributed by atoms with Crippen molar-refractivity contribution < 1.29 is 14.4 Å². The summed E-state index contributed by atoms with van der Waals surface area (Å²) in [7, 11) is 0. The number of hydrogen-bond acceptors (Lipinski definition) is 3. The highest BCUT2D eigenvalue weighted by Crippen LogP contribution is 2.48. The zero-order chi connectivity index (χ0) is 12.8. The third-order valence-electron chi connectivity index (χ3n) is 4.87. The monoisotopic (exact) mass is 249 g/mol. The highest BCUT2D eigenvalue weighted by molar-refractivity contribution is 6.06. The third kappa shape index (κ3) is 1.70. The highest BCUT2D eigenvalue weighted by atomic mass is 16.2. The molecular formula is C14H19NO3. The van der Waals surface area contributed by atoms with Crippen molar-refractivity contribution in [2.45, 2.75) is 63.8 Å². The van der Waals surface area contributed by atoms with Gasteiger partial charge in [0.1, 0.15) is 5.78 Å². The largest absolute Gasteiger partial charge is 0.300 e. The molecule has 3 aliphatic rings. The van der Waals surface area contributed by atoms with Crippen molar-refractivity contribution in [3.05, 3.63) is 0 Å². The molecule has 0 aromatic carbocycles. The topological polar surface area (TPSA) is 54.5 Å². The molecule has 1 saturated heterocycles. The van der Waals surface area contributed by atoms with Crippen molar-refractivity contribution in [1.82, 2.24) is 4.90 Å². The van der Waals surface area contributed by atoms with Gasteiger partial charge in [0.15, 0.2) is 0 Å². The minimum atomic E-state index is -0.363. The van der Waals surface area contributed by atoms with Crippen LogP contribution < -0.4 is 0 Å². The van der Waals surface area contributed by atoms with Gasteiger partial charge in [-0.15, -0.1) is 0 Å². The SMILES string of the molecule is O=C1CCC(N2C(=O)CC3(CCCC3)C2=O)CC1. The number of carbonyl (C=O) groups excluding carboxylic acids is 3. The van der Waals surface area contributed by atoms with Crippen molar-refractivity contribution >= 4 is 17.6 Å². The van der Waals surface area contributed by atoms with Gasteiger partial charge in [0.25, 0.3) is 0 Å². The van der Waals surface area contributed by atoms with Crippen LogP contribution in [0, 0.1) is 5.41 Å². The van der Waals surface area contributed by atoms with Gasteiger partial charge < -0.3 is 0 Å². The minimum Gasteiger partial charge on any atom is -0.300 e. The maximum Gasteiger partial charge on any atom is 0.236 e. The van der Waals surface area contributed by atoms with Crippen molar-refractivity contribution in [2.24, 2.45) is 5.41 Å². The molecule has 2 saturated carbocycles. The molecule has 1 heterocycles. The van der Waals surface area contributed by atoms with Gasteiger partial charge in [0.05, 0.1) is 5.41 Å². The summed E-state index contributed by atoms with van der Waals surface area (Å²) in [5, 5.41) is 0. The third-order valence-corrected chi connectivity index (χ3v) is 4.87. The van der Waals surface area contributed by atoms with Gasteiger partial charge in [0.2, 0.25) is 11.8 Å². The zero-order valence-electron chi connectivity index (χ0n) is 10.6. The first-order valence-electron chi connectivity index (χ1n) is 7.01. The summed E-state index contributed by atoms with van der Waals surface area (Å²) in [5.41, 5.74) is -0.363. The van der Waals surface area contributed by atoms with Crippen LogP contribution in [0.2, 0.25) is 0 Å². The Kier molecular flexibility index (Phi) is 2.76. The van der Waals surface area contributed by atoms with E-state index in [0.717, 1.165) is 25.7 Å². The van der Waals surface area contributed by atoms with Crippen LogP contribution in [0.5, 0.6) is 0 Å². The van der Waals surface area contributed by atoms with E-state index in [-0.39, 0.29) is 29.1 Å². The van der Waals surface area contributed by atoms with E-state index in [4.69, 9.17) is 0 Å². The van der Waals surface area contributed by atoms with Crippen LogP contribution in [-0.4, -0.2) is 28.5 Å². The zero-order valence-corrected chi connectivity index (χ0v) is 10.6. The van der Waals surface area contributed by atoms with Gasteiger partial charge in [-0.05, 0) is 25.7 Å². The predicted molar refractivity (Wildman–Crippen MR) is 64.6 cm³/mol. The first kappa shape index (κ1) is 11.9. The molecule has 0 radical (unpaired) electrons. The second kappa shape index (κ2) is 4.18. The van der Waals surface area contributed by atoms with E-state index in [1.165, 1.54) is 4.90 Å². The summed E-state index contributed by atoms with van der Waals surface area (Å²) < 4.78 is 0. The number of rotatable bonds is 1. The Balaban J connectivity index is 1.78. The molecule has 98 valence electrons. The number of Topliss-reactive ketones (excluding diaryl/α,β-unsaturated/α-hetero) is 1. The van der Waals surface area contributed by atoms with Crippen molar-refractivity contribution in [3.63, 3.8) is 0 Å². The minimum absolute atomic E-state index is 0.00116. The van der Waals surface area contributed by atoms with E-state index in [1.807, 2.05) is 0 Å². The van der Waals surface area contributed by atoms with Gasteiger partial charge in [-0.3, -0.25) is 19.3 Å². The lowest BCUT2D eigenvalue weighted by atomic mass is 9.84. The maximum absolute atomic E-state index is 12.5. The second-order valence-corrected chi connectivity index (χ2v) is 6.00. The van der Waals surface area contributed by atoms with Crippen LogP contribution in [0.15, 0.2) is 0 Å². The van der Waals surface area contributed by atoms with Gasteiger partial charge >= 0.3 is 0 Å². The molecule has 3 fully saturated rings. The predicted octanol–water partition coefficient (Wildman–Crippen LogP) is 1.82. The quantitative estimate of drug-likeness (QED) is 0.666. The Morgan fingerprint density at radius 1 is 1.00 bits per heavy atom. The van der Waals surface area contributed by atoms with Crippen LogP contribution in [0.4, 0.5) is 0 Å². The van der Waals surface area contributed by atoms with Gasteiger partial charge in [-0.1, -0.05) is 12.8 Å². The number of hydrogen-bond donors (Lipinski definition) is 0. The molecule has 1 spiro atoms. The molecule has 18 heavy (non-hydrogen) atoms. The van der Waals surface area contributed by atoms with E-state index in [0.29, 0.717) is 32.1 Å². The Hall–Kier alpha value is -1.19. The molecule has 0 aromatic rings. The normalized spacial score (nSPS) is 28.7. The number of ketones is 1. The molecule has 1 aliphatic heterocycles. The van der Waals surface area contributed by atoms with Crippen molar-refractivity contribution in [1.29, 1.82) is 0 Å². The summed E-state index contributed by atoms with van der Waals surface area (Å²) in [6, 6.07) is -0.0114. The summed E-state index contributed by atoms with van der Waals surface area (Å²) in [5.74, 6) is 0.325. The molecule has 0 aromatic heterocycles. The van der Waals surface area contributed by atoms with Crippen LogP contribution in [0.3, 0.4) is 0 Å². The number of amides is 2. The molecular weight excluding hydrogens is 230 g/mol. The Labute approximate surface area is 107 Å². The number of imide groups is 1. The first-order chi connectivity index (χ1) is 8.62. The molecule has 0 bridgehead atoms. The van der Waals surface area contributed by atoms with E-state index < -0.39 is 0 Å². The Morgan fingerprint density at radius 2 is 1.61 bits per heavy atom. The highest BCUT2D eigenvalue weighted by Gasteiger charge is 2.54. The lowest BCUT2D eigenvalue weighted by molar-refractivity contribution is -0.145. The van der Waals surface area contributed by atoms with Gasteiger partial charge in [-0.2, -0.15) is 0 Å². The summed E-state index contributed by atoms with van der Waals surface area (Å²) in [6.07, 6.45) is 6.68. The molecule has 2 aliphatic carbocycles. The van der Waals surface area contributed by atoms with E-state index in [2.05, 4.69) is 0 Å². The molecule has 0 atom stereocenters. The summed E-state index contributed by atoms with van der Waals surface area (Å²) >= 11 is 0. The number of carbonyl (C=O) groups is 3. The molecule has 4 nitrogen and oxygen atoms in total. The fourth-order valence-electron chi connectivity index (χ4n) is 3.81. The standard InChI is InChI=1S/C14H19NO3/c16-11-5-3-10(4-6-11)15-12(17)9-14(13(15)18)7-1-2-8-14/h10H,1-9H2. The smallest absolute Gasteiger partial charge is 0.236 e. The van der Waals surface area contributed by atoms with Crippen molar-refractivity contribution in [3.8, 4) is 0 Å². The van der Waals surface area contributed by atoms with E-state index in [9.17, 15) is 14.4 Å². The first-order valence-corrected chi connectivity index (χ1v) is 7.01. The average molecular weight is 249 g/mol. The fraction of sp³-hybridized carbons (Fsp3) is 0.786. The Bertz CT molecular complexity index is 399. The lowest BCUT2D eigenvalue weighted by Gasteiger charge is -2.30. The fourth-order valence-corrected chi connectivity index (χ4v) is 3.81. The van der Waals surface area contributed by atoms with E-state index in [1.54, 1.807) is 0 Å². The van der Waals surface area contributed by atoms with E-state index >= 15 is 0 Å². The van der Waals surface area contributed by atoms with Crippen LogP contribution >= 0.6 is 0 Å². The molecule has 4 heteroatoms. The van der Waals surface area contributed by atoms with Gasteiger partial charge in [0, 0.05) is 25.3 Å². The summed E-state index contributed by atoms with van der Waals surface area (Å²) in [4.78, 5) is 37.4. The molecule has 3 rings (SSSR count). The number of nitrogens with zero attached hydrogens (tertiary/aromatic N) is 1. The molecule has 0 N–H and O–H groups in total. The van der Waals surface area contributed by atoms with Crippen molar-refractivity contribution in [2.75, 3.05) is 0 Å². The Morgan fingerprint density at radius 3 is 2.22 bits per heavy atom.